The van der Waals surface area contributed by atoms with Crippen molar-refractivity contribution in [2.45, 2.75) is 6.61 Å². The van der Waals surface area contributed by atoms with E-state index in [2.05, 4.69) is 15.9 Å². The third-order valence-electron chi connectivity index (χ3n) is 4.15. The van der Waals surface area contributed by atoms with Crippen molar-refractivity contribution in [2.24, 2.45) is 0 Å². The summed E-state index contributed by atoms with van der Waals surface area (Å²) >= 11 is 3.45. The van der Waals surface area contributed by atoms with E-state index in [-0.39, 0.29) is 5.57 Å². The van der Waals surface area contributed by atoms with Crippen molar-refractivity contribution in [2.75, 3.05) is 14.1 Å². The van der Waals surface area contributed by atoms with Gasteiger partial charge in [0.1, 0.15) is 17.9 Å². The average Bonchev–Trinajstić information content (AvgIpc) is 2.68. The van der Waals surface area contributed by atoms with Gasteiger partial charge in [-0.2, -0.15) is 0 Å². The molecule has 138 valence electrons. The predicted molar refractivity (Wildman–Crippen MR) is 104 cm³/mol. The van der Waals surface area contributed by atoms with Crippen LogP contribution < -0.4 is 4.74 Å². The van der Waals surface area contributed by atoms with E-state index in [0.717, 1.165) is 15.4 Å². The Labute approximate surface area is 165 Å². The van der Waals surface area contributed by atoms with Crippen molar-refractivity contribution in [3.05, 3.63) is 69.7 Å². The van der Waals surface area contributed by atoms with Gasteiger partial charge in [0.2, 0.25) is 0 Å². The highest BCUT2D eigenvalue weighted by molar-refractivity contribution is 9.10. The minimum Gasteiger partial charge on any atom is -0.488 e. The lowest BCUT2D eigenvalue weighted by molar-refractivity contribution is -0.134. The van der Waals surface area contributed by atoms with E-state index >= 15 is 0 Å². The molecule has 2 aromatic carbocycles. The molecule has 0 N–H and O–H groups in total. The van der Waals surface area contributed by atoms with Gasteiger partial charge in [-0.1, -0.05) is 36.4 Å². The minimum atomic E-state index is -0.645. The number of carbonyl (C=O) groups is 3. The molecular weight excluding hydrogens is 412 g/mol. The molecule has 1 heterocycles. The van der Waals surface area contributed by atoms with Crippen LogP contribution in [0, 0.1) is 0 Å². The van der Waals surface area contributed by atoms with Gasteiger partial charge in [-0.05, 0) is 45.3 Å². The molecule has 1 aliphatic rings. The minimum absolute atomic E-state index is 0.0653. The van der Waals surface area contributed by atoms with Crippen LogP contribution in [-0.4, -0.2) is 41.7 Å². The van der Waals surface area contributed by atoms with Crippen molar-refractivity contribution in [3.63, 3.8) is 0 Å². The monoisotopic (exact) mass is 428 g/mol. The van der Waals surface area contributed by atoms with Gasteiger partial charge in [0, 0.05) is 14.1 Å². The molecule has 0 spiro atoms. The van der Waals surface area contributed by atoms with Crippen molar-refractivity contribution in [1.82, 2.24) is 9.80 Å². The summed E-state index contributed by atoms with van der Waals surface area (Å²) in [6.45, 7) is 0.425. The van der Waals surface area contributed by atoms with Crippen LogP contribution in [0.1, 0.15) is 11.1 Å². The molecule has 0 radical (unpaired) electrons. The number of benzene rings is 2. The van der Waals surface area contributed by atoms with Crippen molar-refractivity contribution in [1.29, 1.82) is 0 Å². The van der Waals surface area contributed by atoms with E-state index in [1.807, 2.05) is 30.3 Å². The number of likely N-dealkylation sites (N-methyl/N-ethyl adjacent to an activating group) is 2. The summed E-state index contributed by atoms with van der Waals surface area (Å²) in [5, 5.41) is 0. The molecule has 3 rings (SSSR count). The highest BCUT2D eigenvalue weighted by atomic mass is 79.9. The van der Waals surface area contributed by atoms with E-state index in [1.54, 1.807) is 18.2 Å². The van der Waals surface area contributed by atoms with Gasteiger partial charge < -0.3 is 4.74 Å². The Morgan fingerprint density at radius 2 is 1.59 bits per heavy atom. The Kier molecular flexibility index (Phi) is 5.41. The summed E-state index contributed by atoms with van der Waals surface area (Å²) in [5.74, 6) is -0.598. The molecule has 4 amide bonds. The molecular formula is C20H17BrN2O4. The lowest BCUT2D eigenvalue weighted by Gasteiger charge is -2.28. The Morgan fingerprint density at radius 3 is 2.19 bits per heavy atom. The van der Waals surface area contributed by atoms with Gasteiger partial charge in [0.15, 0.2) is 0 Å². The highest BCUT2D eigenvalue weighted by Gasteiger charge is 2.37. The van der Waals surface area contributed by atoms with Gasteiger partial charge in [-0.15, -0.1) is 0 Å². The first-order chi connectivity index (χ1) is 12.9. The van der Waals surface area contributed by atoms with Crippen LogP contribution in [0.15, 0.2) is 58.6 Å². The Morgan fingerprint density at radius 1 is 0.963 bits per heavy atom. The normalized spacial score (nSPS) is 14.6. The van der Waals surface area contributed by atoms with Gasteiger partial charge >= 0.3 is 6.03 Å². The standard InChI is InChI=1S/C20H17BrN2O4/c1-22-18(24)15(19(25)23(2)20(22)26)10-14-8-9-17(16(21)11-14)27-12-13-6-4-3-5-7-13/h3-11H,12H2,1-2H3. The van der Waals surface area contributed by atoms with Gasteiger partial charge in [-0.25, -0.2) is 4.79 Å². The molecule has 0 unspecified atom stereocenters. The van der Waals surface area contributed by atoms with E-state index < -0.39 is 17.8 Å². The first kappa shape index (κ1) is 18.8. The number of barbiturate groups is 1. The van der Waals surface area contributed by atoms with Crippen LogP contribution in [0.3, 0.4) is 0 Å². The number of ether oxygens (including phenoxy) is 1. The molecule has 1 fully saturated rings. The van der Waals surface area contributed by atoms with Crippen LogP contribution >= 0.6 is 15.9 Å². The number of halogens is 1. The second kappa shape index (κ2) is 7.75. The first-order valence-electron chi connectivity index (χ1n) is 8.16. The smallest absolute Gasteiger partial charge is 0.333 e. The fourth-order valence-corrected chi connectivity index (χ4v) is 3.11. The quantitative estimate of drug-likeness (QED) is 0.552. The Bertz CT molecular complexity index is 914. The first-order valence-corrected chi connectivity index (χ1v) is 8.96. The molecule has 7 heteroatoms. The summed E-state index contributed by atoms with van der Waals surface area (Å²) < 4.78 is 6.49. The zero-order chi connectivity index (χ0) is 19.6. The van der Waals surface area contributed by atoms with E-state index in [1.165, 1.54) is 20.2 Å². The number of hydrogen-bond acceptors (Lipinski definition) is 4. The van der Waals surface area contributed by atoms with Crippen molar-refractivity contribution >= 4 is 39.9 Å². The third-order valence-corrected chi connectivity index (χ3v) is 4.77. The Balaban J connectivity index is 1.81. The maximum Gasteiger partial charge on any atom is 0.333 e. The van der Waals surface area contributed by atoms with E-state index in [0.29, 0.717) is 22.4 Å². The van der Waals surface area contributed by atoms with Crippen LogP contribution in [-0.2, 0) is 16.2 Å². The lowest BCUT2D eigenvalue weighted by atomic mass is 10.1. The fourth-order valence-electron chi connectivity index (χ4n) is 2.60. The maximum absolute atomic E-state index is 12.3. The number of hydrogen-bond donors (Lipinski definition) is 0. The van der Waals surface area contributed by atoms with Crippen LogP contribution in [0.5, 0.6) is 5.75 Å². The zero-order valence-electron chi connectivity index (χ0n) is 14.8. The van der Waals surface area contributed by atoms with E-state index in [9.17, 15) is 14.4 Å². The predicted octanol–water partition coefficient (Wildman–Crippen LogP) is 3.46. The van der Waals surface area contributed by atoms with Crippen molar-refractivity contribution in [3.8, 4) is 5.75 Å². The molecule has 1 saturated heterocycles. The Hall–Kier alpha value is -2.93. The van der Waals surface area contributed by atoms with Crippen molar-refractivity contribution < 1.29 is 19.1 Å². The lowest BCUT2D eigenvalue weighted by Crippen LogP contribution is -2.52. The van der Waals surface area contributed by atoms with Crippen LogP contribution in [0.25, 0.3) is 6.08 Å². The van der Waals surface area contributed by atoms with Crippen LogP contribution in [0.2, 0.25) is 0 Å². The van der Waals surface area contributed by atoms with Gasteiger partial charge in [0.05, 0.1) is 4.47 Å². The molecule has 27 heavy (non-hydrogen) atoms. The fraction of sp³-hybridized carbons (Fsp3) is 0.150. The summed E-state index contributed by atoms with van der Waals surface area (Å²) in [7, 11) is 2.69. The number of carbonyl (C=O) groups excluding carboxylic acids is 3. The SMILES string of the molecule is CN1C(=O)C(=Cc2ccc(OCc3ccccc3)c(Br)c2)C(=O)N(C)C1=O. The summed E-state index contributed by atoms with van der Waals surface area (Å²) in [4.78, 5) is 38.1. The maximum atomic E-state index is 12.3. The van der Waals surface area contributed by atoms with Crippen LogP contribution in [0.4, 0.5) is 4.79 Å². The molecule has 6 nitrogen and oxygen atoms in total. The number of nitrogens with zero attached hydrogens (tertiary/aromatic N) is 2. The molecule has 0 bridgehead atoms. The average molecular weight is 429 g/mol. The number of imide groups is 2. The van der Waals surface area contributed by atoms with Gasteiger partial charge in [-0.3, -0.25) is 19.4 Å². The molecule has 0 aliphatic carbocycles. The van der Waals surface area contributed by atoms with Gasteiger partial charge in [0.25, 0.3) is 11.8 Å². The topological polar surface area (TPSA) is 66.9 Å². The second-order valence-electron chi connectivity index (χ2n) is 6.03. The number of amides is 4. The summed E-state index contributed by atoms with van der Waals surface area (Å²) in [5.41, 5.74) is 1.62. The number of urea groups is 1. The molecule has 2 aromatic rings. The molecule has 1 aliphatic heterocycles. The highest BCUT2D eigenvalue weighted by Crippen LogP contribution is 2.28. The second-order valence-corrected chi connectivity index (χ2v) is 6.89. The van der Waals surface area contributed by atoms with E-state index in [4.69, 9.17) is 4.74 Å². The zero-order valence-corrected chi connectivity index (χ0v) is 16.4. The molecule has 0 atom stereocenters. The molecule has 0 saturated carbocycles. The third kappa shape index (κ3) is 3.93. The summed E-state index contributed by atoms with van der Waals surface area (Å²) in [6.07, 6.45) is 1.47. The number of rotatable bonds is 4. The largest absolute Gasteiger partial charge is 0.488 e. The molecule has 0 aromatic heterocycles. The summed E-state index contributed by atoms with van der Waals surface area (Å²) in [6, 6.07) is 14.4.